The first-order valence-corrected chi connectivity index (χ1v) is 9.30. The van der Waals surface area contributed by atoms with Gasteiger partial charge in [-0.2, -0.15) is 13.2 Å². The number of hydrogen-bond donors (Lipinski definition) is 0. The van der Waals surface area contributed by atoms with Crippen LogP contribution in [0.15, 0.2) is 24.3 Å². The lowest BCUT2D eigenvalue weighted by Gasteiger charge is -2.27. The number of benzene rings is 1. The zero-order valence-corrected chi connectivity index (χ0v) is 15.2. The number of halogens is 4. The largest absolute Gasteiger partial charge is 0.417 e. The fourth-order valence-electron chi connectivity index (χ4n) is 3.71. The number of hydrogen-bond acceptors (Lipinski definition) is 2. The van der Waals surface area contributed by atoms with Crippen molar-refractivity contribution in [2.45, 2.75) is 37.9 Å². The minimum atomic E-state index is -4.51. The van der Waals surface area contributed by atoms with Gasteiger partial charge in [0.05, 0.1) is 10.6 Å². The Balaban J connectivity index is 1.67. The second kappa shape index (κ2) is 8.01. The van der Waals surface area contributed by atoms with Crippen molar-refractivity contribution in [3.8, 4) is 0 Å². The van der Waals surface area contributed by atoms with E-state index in [1.165, 1.54) is 37.1 Å². The molecule has 7 heteroatoms. The van der Waals surface area contributed by atoms with Crippen LogP contribution in [0.5, 0.6) is 0 Å². The van der Waals surface area contributed by atoms with Crippen molar-refractivity contribution < 1.29 is 18.0 Å². The molecular formula is C19H22ClF3N2O. The van der Waals surface area contributed by atoms with Gasteiger partial charge in [0.1, 0.15) is 0 Å². The van der Waals surface area contributed by atoms with E-state index in [1.54, 1.807) is 0 Å². The maximum Gasteiger partial charge on any atom is 0.417 e. The van der Waals surface area contributed by atoms with Crippen LogP contribution in [-0.2, 0) is 11.0 Å². The molecule has 142 valence electrons. The smallest absolute Gasteiger partial charge is 0.335 e. The molecule has 0 saturated carbocycles. The predicted octanol–water partition coefficient (Wildman–Crippen LogP) is 4.46. The lowest BCUT2D eigenvalue weighted by Crippen LogP contribution is -2.41. The van der Waals surface area contributed by atoms with Gasteiger partial charge in [0.25, 0.3) is 0 Å². The standard InChI is InChI=1S/C19H22ClF3N2O/c20-17-7-5-14(12-16(17)19(21,22)23)6-8-18(26)25-11-3-4-15(25)13-24-9-1-2-10-24/h5-8,12,15H,1-4,9-11,13H2. The molecule has 0 spiro atoms. The van der Waals surface area contributed by atoms with Crippen molar-refractivity contribution in [3.63, 3.8) is 0 Å². The van der Waals surface area contributed by atoms with E-state index in [0.717, 1.165) is 38.5 Å². The van der Waals surface area contributed by atoms with Crippen molar-refractivity contribution in [1.29, 1.82) is 0 Å². The molecular weight excluding hydrogens is 365 g/mol. The summed E-state index contributed by atoms with van der Waals surface area (Å²) in [6.45, 7) is 3.76. The van der Waals surface area contributed by atoms with E-state index < -0.39 is 11.7 Å². The van der Waals surface area contributed by atoms with E-state index >= 15 is 0 Å². The van der Waals surface area contributed by atoms with Crippen molar-refractivity contribution in [3.05, 3.63) is 40.4 Å². The van der Waals surface area contributed by atoms with Crippen LogP contribution in [0.25, 0.3) is 6.08 Å². The van der Waals surface area contributed by atoms with Crippen LogP contribution < -0.4 is 0 Å². The Labute approximate surface area is 156 Å². The van der Waals surface area contributed by atoms with E-state index in [0.29, 0.717) is 12.1 Å². The molecule has 1 amide bonds. The molecule has 26 heavy (non-hydrogen) atoms. The van der Waals surface area contributed by atoms with Crippen LogP contribution in [0.4, 0.5) is 13.2 Å². The number of carbonyl (C=O) groups is 1. The van der Waals surface area contributed by atoms with E-state index in [2.05, 4.69) is 4.90 Å². The fourth-order valence-corrected chi connectivity index (χ4v) is 3.93. The van der Waals surface area contributed by atoms with Gasteiger partial charge in [0, 0.05) is 25.2 Å². The Morgan fingerprint density at radius 2 is 1.92 bits per heavy atom. The van der Waals surface area contributed by atoms with Gasteiger partial charge in [-0.15, -0.1) is 0 Å². The summed E-state index contributed by atoms with van der Waals surface area (Å²) in [5, 5.41) is -0.341. The van der Waals surface area contributed by atoms with Gasteiger partial charge in [0.15, 0.2) is 0 Å². The van der Waals surface area contributed by atoms with Crippen molar-refractivity contribution in [2.24, 2.45) is 0 Å². The third-order valence-corrected chi connectivity index (χ3v) is 5.37. The summed E-state index contributed by atoms with van der Waals surface area (Å²) >= 11 is 5.62. The zero-order valence-electron chi connectivity index (χ0n) is 14.4. The number of amides is 1. The quantitative estimate of drug-likeness (QED) is 0.713. The van der Waals surface area contributed by atoms with E-state index in [9.17, 15) is 18.0 Å². The van der Waals surface area contributed by atoms with E-state index in [4.69, 9.17) is 11.6 Å². The fraction of sp³-hybridized carbons (Fsp3) is 0.526. The maximum atomic E-state index is 12.9. The first-order chi connectivity index (χ1) is 12.3. The third-order valence-electron chi connectivity index (χ3n) is 5.04. The lowest BCUT2D eigenvalue weighted by molar-refractivity contribution is -0.137. The number of carbonyl (C=O) groups excluding carboxylic acids is 1. The lowest BCUT2D eigenvalue weighted by atomic mass is 10.1. The van der Waals surface area contributed by atoms with Crippen LogP contribution in [0.3, 0.4) is 0 Å². The monoisotopic (exact) mass is 386 g/mol. The molecule has 1 aromatic rings. The molecule has 2 aliphatic rings. The zero-order chi connectivity index (χ0) is 18.7. The van der Waals surface area contributed by atoms with Crippen LogP contribution in [0.2, 0.25) is 5.02 Å². The van der Waals surface area contributed by atoms with Crippen LogP contribution in [0, 0.1) is 0 Å². The van der Waals surface area contributed by atoms with Crippen LogP contribution in [-0.4, -0.2) is 47.9 Å². The summed E-state index contributed by atoms with van der Waals surface area (Å²) in [5.41, 5.74) is -0.577. The normalized spacial score (nSPS) is 21.8. The van der Waals surface area contributed by atoms with Crippen LogP contribution in [0.1, 0.15) is 36.8 Å². The molecule has 0 aromatic heterocycles. The highest BCUT2D eigenvalue weighted by Gasteiger charge is 2.33. The first-order valence-electron chi connectivity index (χ1n) is 8.92. The summed E-state index contributed by atoms with van der Waals surface area (Å²) < 4.78 is 38.8. The van der Waals surface area contributed by atoms with Crippen LogP contribution >= 0.6 is 11.6 Å². The number of likely N-dealkylation sites (tertiary alicyclic amines) is 2. The van der Waals surface area contributed by atoms with Gasteiger partial charge in [0.2, 0.25) is 5.91 Å². The topological polar surface area (TPSA) is 23.6 Å². The molecule has 2 aliphatic heterocycles. The third kappa shape index (κ3) is 4.60. The van der Waals surface area contributed by atoms with E-state index in [-0.39, 0.29) is 17.0 Å². The molecule has 1 unspecified atom stereocenters. The summed E-state index contributed by atoms with van der Waals surface area (Å²) in [4.78, 5) is 16.8. The predicted molar refractivity (Wildman–Crippen MR) is 95.9 cm³/mol. The molecule has 2 heterocycles. The molecule has 2 fully saturated rings. The molecule has 0 N–H and O–H groups in total. The molecule has 0 radical (unpaired) electrons. The van der Waals surface area contributed by atoms with Gasteiger partial charge in [-0.05, 0) is 62.5 Å². The molecule has 3 rings (SSSR count). The van der Waals surface area contributed by atoms with Crippen molar-refractivity contribution in [2.75, 3.05) is 26.2 Å². The molecule has 3 nitrogen and oxygen atoms in total. The Morgan fingerprint density at radius 3 is 2.62 bits per heavy atom. The Bertz CT molecular complexity index is 684. The van der Waals surface area contributed by atoms with Gasteiger partial charge < -0.3 is 9.80 Å². The molecule has 1 aromatic carbocycles. The summed E-state index contributed by atoms with van der Waals surface area (Å²) in [5.74, 6) is -0.143. The SMILES string of the molecule is O=C(C=Cc1ccc(Cl)c(C(F)(F)F)c1)N1CCCC1CN1CCCC1. The van der Waals surface area contributed by atoms with Gasteiger partial charge in [-0.25, -0.2) is 0 Å². The highest BCUT2D eigenvalue weighted by molar-refractivity contribution is 6.31. The Hall–Kier alpha value is -1.53. The molecule has 1 atom stereocenters. The van der Waals surface area contributed by atoms with Gasteiger partial charge >= 0.3 is 6.18 Å². The van der Waals surface area contributed by atoms with E-state index in [1.807, 2.05) is 4.90 Å². The molecule has 0 bridgehead atoms. The first kappa shape index (κ1) is 19.2. The number of alkyl halides is 3. The van der Waals surface area contributed by atoms with Gasteiger partial charge in [-0.1, -0.05) is 17.7 Å². The van der Waals surface area contributed by atoms with Crippen molar-refractivity contribution >= 4 is 23.6 Å². The summed E-state index contributed by atoms with van der Waals surface area (Å²) in [6.07, 6.45) is 2.65. The van der Waals surface area contributed by atoms with Crippen molar-refractivity contribution in [1.82, 2.24) is 9.80 Å². The Morgan fingerprint density at radius 1 is 1.19 bits per heavy atom. The number of rotatable bonds is 4. The number of nitrogens with zero attached hydrogens (tertiary/aromatic N) is 2. The minimum absolute atomic E-state index is 0.143. The average Bonchev–Trinajstić information content (AvgIpc) is 3.25. The second-order valence-corrected chi connectivity index (χ2v) is 7.31. The molecule has 2 saturated heterocycles. The minimum Gasteiger partial charge on any atom is -0.335 e. The maximum absolute atomic E-state index is 12.9. The molecule has 0 aliphatic carbocycles. The highest BCUT2D eigenvalue weighted by Crippen LogP contribution is 2.35. The Kier molecular flexibility index (Phi) is 5.92. The highest BCUT2D eigenvalue weighted by atomic mass is 35.5. The summed E-state index contributed by atoms with van der Waals surface area (Å²) in [7, 11) is 0. The second-order valence-electron chi connectivity index (χ2n) is 6.91. The summed E-state index contributed by atoms with van der Waals surface area (Å²) in [6, 6.07) is 3.85. The average molecular weight is 387 g/mol. The van der Waals surface area contributed by atoms with Gasteiger partial charge in [-0.3, -0.25) is 4.79 Å².